The number of thioether (sulfide) groups is 1. The molecule has 0 N–H and O–H groups in total. The fraction of sp³-hybridized carbons (Fsp3) is 0.150. The molecular weight excluding hydrogens is 400 g/mol. The number of halogens is 1. The molecule has 6 nitrogen and oxygen atoms in total. The molecule has 0 fully saturated rings. The second kappa shape index (κ2) is 8.08. The average Bonchev–Trinajstić information content (AvgIpc) is 3.32. The Bertz CT molecular complexity index is 1120. The second-order valence-electron chi connectivity index (χ2n) is 5.80. The Morgan fingerprint density at radius 2 is 1.89 bits per heavy atom. The summed E-state index contributed by atoms with van der Waals surface area (Å²) in [4.78, 5) is 12.3. The van der Waals surface area contributed by atoms with Gasteiger partial charge in [-0.25, -0.2) is 4.79 Å². The first-order chi connectivity index (χ1) is 13.7. The normalized spacial score (nSPS) is 11.1. The Kier molecular flexibility index (Phi) is 5.36. The molecule has 0 aliphatic heterocycles. The fourth-order valence-corrected chi connectivity index (χ4v) is 3.63. The van der Waals surface area contributed by atoms with E-state index in [0.29, 0.717) is 27.5 Å². The van der Waals surface area contributed by atoms with Gasteiger partial charge in [-0.15, -0.1) is 10.2 Å². The highest BCUT2D eigenvalue weighted by Crippen LogP contribution is 2.33. The van der Waals surface area contributed by atoms with Gasteiger partial charge in [0.05, 0.1) is 6.61 Å². The van der Waals surface area contributed by atoms with Crippen LogP contribution in [0.5, 0.6) is 0 Å². The van der Waals surface area contributed by atoms with Crippen LogP contribution in [0.25, 0.3) is 22.4 Å². The Balaban J connectivity index is 1.58. The van der Waals surface area contributed by atoms with Crippen LogP contribution < -0.4 is 0 Å². The van der Waals surface area contributed by atoms with Crippen LogP contribution >= 0.6 is 23.4 Å². The molecule has 0 radical (unpaired) electrons. The van der Waals surface area contributed by atoms with E-state index in [1.54, 1.807) is 19.1 Å². The summed E-state index contributed by atoms with van der Waals surface area (Å²) < 4.78 is 16.6. The van der Waals surface area contributed by atoms with E-state index in [-0.39, 0.29) is 12.4 Å². The van der Waals surface area contributed by atoms with Gasteiger partial charge in [-0.2, -0.15) is 0 Å². The highest BCUT2D eigenvalue weighted by molar-refractivity contribution is 7.98. The molecule has 0 aliphatic rings. The van der Waals surface area contributed by atoms with Gasteiger partial charge in [-0.05, 0) is 37.3 Å². The minimum Gasteiger partial charge on any atom is -0.460 e. The molecule has 8 heteroatoms. The maximum Gasteiger partial charge on any atom is 0.374 e. The van der Waals surface area contributed by atoms with Gasteiger partial charge in [0, 0.05) is 27.3 Å². The number of ether oxygens (including phenoxy) is 1. The van der Waals surface area contributed by atoms with E-state index in [9.17, 15) is 4.79 Å². The SMILES string of the molecule is CCOC(=O)c1oc2ccccc2c1CSc1nnc(-c2ccc(Cl)cc2)o1. The van der Waals surface area contributed by atoms with E-state index >= 15 is 0 Å². The van der Waals surface area contributed by atoms with Crippen molar-refractivity contribution in [1.29, 1.82) is 0 Å². The Morgan fingerprint density at radius 1 is 1.11 bits per heavy atom. The van der Waals surface area contributed by atoms with E-state index in [1.807, 2.05) is 36.4 Å². The standard InChI is InChI=1S/C20H15ClN2O4S/c1-2-25-19(24)17-15(14-5-3-4-6-16(14)26-17)11-28-20-23-22-18(27-20)12-7-9-13(21)10-8-12/h3-10H,2,11H2,1H3. The molecule has 142 valence electrons. The van der Waals surface area contributed by atoms with E-state index in [1.165, 1.54) is 11.8 Å². The third kappa shape index (κ3) is 3.76. The quantitative estimate of drug-likeness (QED) is 0.300. The summed E-state index contributed by atoms with van der Waals surface area (Å²) in [5, 5.41) is 10.0. The molecule has 4 rings (SSSR count). The molecule has 0 aliphatic carbocycles. The number of furan rings is 1. The van der Waals surface area contributed by atoms with Gasteiger partial charge in [0.15, 0.2) is 0 Å². The van der Waals surface area contributed by atoms with Crippen molar-refractivity contribution in [2.24, 2.45) is 0 Å². The zero-order chi connectivity index (χ0) is 19.5. The van der Waals surface area contributed by atoms with E-state index in [4.69, 9.17) is 25.2 Å². The summed E-state index contributed by atoms with van der Waals surface area (Å²) in [5.74, 6) is 0.546. The second-order valence-corrected chi connectivity index (χ2v) is 7.16. The summed E-state index contributed by atoms with van der Waals surface area (Å²) in [7, 11) is 0. The lowest BCUT2D eigenvalue weighted by atomic mass is 10.1. The average molecular weight is 415 g/mol. The number of carbonyl (C=O) groups excluding carboxylic acids is 1. The van der Waals surface area contributed by atoms with E-state index < -0.39 is 5.97 Å². The molecule has 0 bridgehead atoms. The third-order valence-corrected chi connectivity index (χ3v) is 5.09. The molecule has 2 aromatic carbocycles. The molecule has 28 heavy (non-hydrogen) atoms. The predicted molar refractivity (Wildman–Crippen MR) is 106 cm³/mol. The largest absolute Gasteiger partial charge is 0.460 e. The Morgan fingerprint density at radius 3 is 2.68 bits per heavy atom. The Hall–Kier alpha value is -2.77. The summed E-state index contributed by atoms with van der Waals surface area (Å²) in [6.07, 6.45) is 0. The summed E-state index contributed by atoms with van der Waals surface area (Å²) >= 11 is 7.23. The van der Waals surface area contributed by atoms with Crippen LogP contribution in [0.2, 0.25) is 5.02 Å². The van der Waals surface area contributed by atoms with Crippen molar-refractivity contribution in [3.8, 4) is 11.5 Å². The summed E-state index contributed by atoms with van der Waals surface area (Å²) in [6.45, 7) is 2.03. The van der Waals surface area contributed by atoms with Gasteiger partial charge in [-0.3, -0.25) is 0 Å². The van der Waals surface area contributed by atoms with Crippen molar-refractivity contribution in [3.63, 3.8) is 0 Å². The highest BCUT2D eigenvalue weighted by Gasteiger charge is 2.22. The predicted octanol–water partition coefficient (Wildman–Crippen LogP) is 5.61. The number of hydrogen-bond acceptors (Lipinski definition) is 7. The van der Waals surface area contributed by atoms with Crippen molar-refractivity contribution >= 4 is 40.3 Å². The van der Waals surface area contributed by atoms with Crippen LogP contribution in [0.1, 0.15) is 23.0 Å². The summed E-state index contributed by atoms with van der Waals surface area (Å²) in [5.41, 5.74) is 2.16. The van der Waals surface area contributed by atoms with Crippen LogP contribution in [-0.4, -0.2) is 22.8 Å². The van der Waals surface area contributed by atoms with Gasteiger partial charge in [0.25, 0.3) is 5.22 Å². The van der Waals surface area contributed by atoms with Gasteiger partial charge >= 0.3 is 5.97 Å². The fourth-order valence-electron chi connectivity index (χ4n) is 2.71. The number of carbonyl (C=O) groups is 1. The smallest absolute Gasteiger partial charge is 0.374 e. The van der Waals surface area contributed by atoms with Crippen molar-refractivity contribution < 1.29 is 18.4 Å². The topological polar surface area (TPSA) is 78.4 Å². The van der Waals surface area contributed by atoms with Crippen LogP contribution in [-0.2, 0) is 10.5 Å². The van der Waals surface area contributed by atoms with Crippen LogP contribution in [0.4, 0.5) is 0 Å². The number of nitrogens with zero attached hydrogens (tertiary/aromatic N) is 2. The molecule has 2 aromatic heterocycles. The molecular formula is C20H15ClN2O4S. The minimum absolute atomic E-state index is 0.202. The monoisotopic (exact) mass is 414 g/mol. The number of para-hydroxylation sites is 1. The van der Waals surface area contributed by atoms with Crippen molar-refractivity contribution in [3.05, 3.63) is 64.9 Å². The first kappa shape index (κ1) is 18.6. The zero-order valence-electron chi connectivity index (χ0n) is 14.8. The number of rotatable bonds is 6. The van der Waals surface area contributed by atoms with Crippen LogP contribution in [0.15, 0.2) is 62.6 Å². The van der Waals surface area contributed by atoms with Crippen molar-refractivity contribution in [2.45, 2.75) is 17.9 Å². The number of esters is 1. The van der Waals surface area contributed by atoms with Gasteiger partial charge in [0.1, 0.15) is 5.58 Å². The molecule has 0 amide bonds. The highest BCUT2D eigenvalue weighted by atomic mass is 35.5. The van der Waals surface area contributed by atoms with Gasteiger partial charge in [0.2, 0.25) is 11.7 Å². The molecule has 4 aromatic rings. The van der Waals surface area contributed by atoms with E-state index in [0.717, 1.165) is 16.5 Å². The lowest BCUT2D eigenvalue weighted by Crippen LogP contribution is -2.05. The lowest BCUT2D eigenvalue weighted by Gasteiger charge is -2.01. The first-order valence-corrected chi connectivity index (χ1v) is 9.92. The van der Waals surface area contributed by atoms with Crippen molar-refractivity contribution in [1.82, 2.24) is 10.2 Å². The maximum atomic E-state index is 12.3. The molecule has 0 spiro atoms. The van der Waals surface area contributed by atoms with Crippen molar-refractivity contribution in [2.75, 3.05) is 6.61 Å². The number of aromatic nitrogens is 2. The van der Waals surface area contributed by atoms with Gasteiger partial charge < -0.3 is 13.6 Å². The first-order valence-electron chi connectivity index (χ1n) is 8.55. The molecule has 0 saturated heterocycles. The van der Waals surface area contributed by atoms with Crippen LogP contribution in [0, 0.1) is 0 Å². The Labute approximate surface area is 169 Å². The molecule has 0 atom stereocenters. The maximum absolute atomic E-state index is 12.3. The number of hydrogen-bond donors (Lipinski definition) is 0. The molecule has 2 heterocycles. The van der Waals surface area contributed by atoms with Gasteiger partial charge in [-0.1, -0.05) is 41.6 Å². The molecule has 0 saturated carbocycles. The zero-order valence-corrected chi connectivity index (χ0v) is 16.4. The minimum atomic E-state index is -0.485. The van der Waals surface area contributed by atoms with E-state index in [2.05, 4.69) is 10.2 Å². The summed E-state index contributed by atoms with van der Waals surface area (Å²) in [6, 6.07) is 14.6. The lowest BCUT2D eigenvalue weighted by molar-refractivity contribution is 0.0491. The van der Waals surface area contributed by atoms with Crippen LogP contribution in [0.3, 0.4) is 0 Å². The third-order valence-electron chi connectivity index (χ3n) is 4.00. The number of benzene rings is 2. The molecule has 0 unspecified atom stereocenters. The number of fused-ring (bicyclic) bond motifs is 1.